The molecule has 0 N–H and O–H groups in total. The Balaban J connectivity index is 1.26. The molecule has 1 saturated heterocycles. The van der Waals surface area contributed by atoms with Crippen molar-refractivity contribution in [2.75, 3.05) is 48.5 Å². The van der Waals surface area contributed by atoms with Crippen molar-refractivity contribution in [2.24, 2.45) is 0 Å². The van der Waals surface area contributed by atoms with E-state index in [-0.39, 0.29) is 5.82 Å². The first kappa shape index (κ1) is 23.9. The third-order valence-corrected chi connectivity index (χ3v) is 14.7. The van der Waals surface area contributed by atoms with Crippen molar-refractivity contribution in [3.63, 3.8) is 0 Å². The van der Waals surface area contributed by atoms with Crippen LogP contribution < -0.4 is 12.8 Å². The predicted molar refractivity (Wildman–Crippen MR) is 141 cm³/mol. The maximum absolute atomic E-state index is 13.4. The summed E-state index contributed by atoms with van der Waals surface area (Å²) < 4.78 is 43.1. The second kappa shape index (κ2) is 8.99. The second-order valence-corrected chi connectivity index (χ2v) is 26.5. The normalized spacial score (nSPS) is 18.1. The van der Waals surface area contributed by atoms with Crippen LogP contribution in [0, 0.1) is 5.82 Å². The van der Waals surface area contributed by atoms with E-state index < -0.39 is 28.4 Å². The van der Waals surface area contributed by atoms with Crippen LogP contribution in [-0.4, -0.2) is 71.0 Å². The predicted octanol–water partition coefficient (Wildman–Crippen LogP) is 4.25. The Morgan fingerprint density at radius 2 is 1.59 bits per heavy atom. The van der Waals surface area contributed by atoms with Gasteiger partial charge in [-0.1, -0.05) is 0 Å². The number of hydrogen-bond acceptors (Lipinski definition) is 4. The summed E-state index contributed by atoms with van der Waals surface area (Å²) in [6.45, 7) is 4.96. The van der Waals surface area contributed by atoms with Crippen LogP contribution in [0.4, 0.5) is 15.8 Å². The first-order valence-electron chi connectivity index (χ1n) is 12.0. The van der Waals surface area contributed by atoms with Gasteiger partial charge in [-0.2, -0.15) is 0 Å². The quantitative estimate of drug-likeness (QED) is 0.405. The Morgan fingerprint density at radius 1 is 0.882 bits per heavy atom. The summed E-state index contributed by atoms with van der Waals surface area (Å²) >= 11 is -2.40. The van der Waals surface area contributed by atoms with Gasteiger partial charge in [0.25, 0.3) is 0 Å². The summed E-state index contributed by atoms with van der Waals surface area (Å²) in [4.78, 5) is 12.2. The van der Waals surface area contributed by atoms with Gasteiger partial charge in [0, 0.05) is 5.69 Å². The average molecular weight is 588 g/mol. The monoisotopic (exact) mass is 589 g/mol. The van der Waals surface area contributed by atoms with E-state index in [2.05, 4.69) is 36.8 Å². The molecule has 0 aromatic heterocycles. The molecule has 180 valence electrons. The molecular weight excluding hydrogens is 556 g/mol. The number of rotatable bonds is 6. The van der Waals surface area contributed by atoms with Crippen LogP contribution in [0.5, 0.6) is 0 Å². The Hall–Kier alpha value is -1.84. The topological polar surface area (TPSA) is 43.9 Å². The van der Waals surface area contributed by atoms with Crippen LogP contribution in [0.3, 0.4) is 0 Å². The van der Waals surface area contributed by atoms with Crippen molar-refractivity contribution in [3.8, 4) is 0 Å². The molecule has 0 aliphatic carbocycles. The fourth-order valence-corrected chi connectivity index (χ4v) is 11.5. The molecule has 0 saturated carbocycles. The Morgan fingerprint density at radius 3 is 2.26 bits per heavy atom. The maximum atomic E-state index is 13.4. The standard InChI is InChI=1S/C23H23FN3O2S.3CH3.Sn/c24-19-8-10-20(11-9-19)26-16-14-25(15-17-26)12-3-13-27-21-6-1-4-18-5-2-7-22(23(18)21)30(27,28)29;;;;/h1-2,5-11H,3,12-17H2;3*1H3;. The molecule has 0 bridgehead atoms. The molecule has 5 rings (SSSR count). The van der Waals surface area contributed by atoms with Gasteiger partial charge in [-0.3, -0.25) is 0 Å². The van der Waals surface area contributed by atoms with Crippen molar-refractivity contribution < 1.29 is 12.8 Å². The van der Waals surface area contributed by atoms with Gasteiger partial charge in [-0.25, -0.2) is 4.39 Å². The van der Waals surface area contributed by atoms with Crippen molar-refractivity contribution in [1.29, 1.82) is 0 Å². The number of benzene rings is 3. The molecule has 8 heteroatoms. The molecule has 0 unspecified atom stereocenters. The summed E-state index contributed by atoms with van der Waals surface area (Å²) in [5, 5.41) is 2.04. The molecule has 0 atom stereocenters. The molecule has 1 fully saturated rings. The molecule has 5 nitrogen and oxygen atoms in total. The Labute approximate surface area is 206 Å². The van der Waals surface area contributed by atoms with Gasteiger partial charge in [-0.15, -0.1) is 0 Å². The van der Waals surface area contributed by atoms with Gasteiger partial charge >= 0.3 is 167 Å². The first-order valence-corrected chi connectivity index (χ1v) is 23.4. The minimum atomic E-state index is -3.51. The van der Waals surface area contributed by atoms with Crippen molar-refractivity contribution in [1.82, 2.24) is 4.90 Å². The zero-order valence-electron chi connectivity index (χ0n) is 20.1. The van der Waals surface area contributed by atoms with E-state index in [0.717, 1.165) is 61.3 Å². The third kappa shape index (κ3) is 4.31. The number of halogens is 1. The van der Waals surface area contributed by atoms with Crippen molar-refractivity contribution >= 4 is 54.1 Å². The molecule has 3 aromatic carbocycles. The van der Waals surface area contributed by atoms with Crippen LogP contribution in [0.25, 0.3) is 10.8 Å². The van der Waals surface area contributed by atoms with E-state index >= 15 is 0 Å². The zero-order chi connectivity index (χ0) is 24.1. The molecule has 0 radical (unpaired) electrons. The summed E-state index contributed by atoms with van der Waals surface area (Å²) in [6, 6.07) is 16.6. The van der Waals surface area contributed by atoms with Crippen LogP contribution in [-0.2, 0) is 10.0 Å². The number of hydrogen-bond donors (Lipinski definition) is 0. The van der Waals surface area contributed by atoms with Crippen LogP contribution >= 0.6 is 0 Å². The summed E-state index contributed by atoms with van der Waals surface area (Å²) in [5.41, 5.74) is 1.89. The molecule has 2 aliphatic heterocycles. The number of nitrogens with zero attached hydrogens (tertiary/aromatic N) is 3. The van der Waals surface area contributed by atoms with Gasteiger partial charge in [0.15, 0.2) is 0 Å². The van der Waals surface area contributed by atoms with Gasteiger partial charge in [0.2, 0.25) is 0 Å². The Bertz CT molecular complexity index is 1310. The molecule has 0 amide bonds. The van der Waals surface area contributed by atoms with Crippen LogP contribution in [0.1, 0.15) is 6.42 Å². The number of piperazine rings is 1. The third-order valence-electron chi connectivity index (χ3n) is 7.02. The van der Waals surface area contributed by atoms with E-state index in [1.54, 1.807) is 10.4 Å². The molecule has 3 aromatic rings. The van der Waals surface area contributed by atoms with Crippen molar-refractivity contribution in [2.45, 2.75) is 26.1 Å². The van der Waals surface area contributed by atoms with E-state index in [9.17, 15) is 12.8 Å². The fourth-order valence-electron chi connectivity index (χ4n) is 5.24. The summed E-state index contributed by atoms with van der Waals surface area (Å²) in [6.07, 6.45) is 0.783. The molecule has 0 spiro atoms. The minimum absolute atomic E-state index is 0.213. The number of sulfonamides is 1. The molecule has 2 heterocycles. The second-order valence-electron chi connectivity index (χ2n) is 10.3. The van der Waals surface area contributed by atoms with Gasteiger partial charge in [0.05, 0.1) is 0 Å². The molecule has 34 heavy (non-hydrogen) atoms. The van der Waals surface area contributed by atoms with E-state index in [1.807, 2.05) is 24.3 Å². The number of anilines is 2. The van der Waals surface area contributed by atoms with Gasteiger partial charge in [0.1, 0.15) is 5.82 Å². The summed E-state index contributed by atoms with van der Waals surface area (Å²) in [7, 11) is -3.51. The SMILES string of the molecule is [CH3][Sn]([CH3])([CH3])[c]1ccc2c3c(cccc13)S(=O)(=O)N2CCCN1CCN(c2ccc(F)cc2)CC1. The van der Waals surface area contributed by atoms with E-state index in [4.69, 9.17) is 0 Å². The molecule has 2 aliphatic rings. The van der Waals surface area contributed by atoms with Gasteiger partial charge in [-0.05, 0) is 24.3 Å². The van der Waals surface area contributed by atoms with Crippen LogP contribution in [0.2, 0.25) is 14.8 Å². The van der Waals surface area contributed by atoms with Crippen molar-refractivity contribution in [3.05, 3.63) is 60.4 Å². The van der Waals surface area contributed by atoms with Crippen LogP contribution in [0.15, 0.2) is 59.5 Å². The zero-order valence-corrected chi connectivity index (χ0v) is 23.8. The summed E-state index contributed by atoms with van der Waals surface area (Å²) in [5.74, 6) is -0.213. The Kier molecular flexibility index (Phi) is 6.31. The first-order chi connectivity index (χ1) is 16.2. The molecular formula is C26H32FN3O2SSn. The van der Waals surface area contributed by atoms with E-state index in [0.29, 0.717) is 11.4 Å². The van der Waals surface area contributed by atoms with Gasteiger partial charge < -0.3 is 0 Å². The average Bonchev–Trinajstić information content (AvgIpc) is 3.02. The fraction of sp³-hybridized carbons (Fsp3) is 0.385. The van der Waals surface area contributed by atoms with E-state index in [1.165, 1.54) is 15.7 Å².